The van der Waals surface area contributed by atoms with Crippen molar-refractivity contribution in [3.05, 3.63) is 125 Å². The third-order valence-corrected chi connectivity index (χ3v) is 11.5. The number of amides is 2. The van der Waals surface area contributed by atoms with Crippen LogP contribution in [0.2, 0.25) is 0 Å². The second-order valence-corrected chi connectivity index (χ2v) is 15.0. The third-order valence-electron chi connectivity index (χ3n) is 11.5. The molecule has 3 saturated heterocycles. The Morgan fingerprint density at radius 1 is 0.891 bits per heavy atom. The van der Waals surface area contributed by atoms with E-state index in [1.54, 1.807) is 12.1 Å². The molecule has 4 aliphatic rings. The molecule has 8 rings (SSSR count). The largest absolute Gasteiger partial charge is 0.508 e. The number of epoxide rings is 1. The van der Waals surface area contributed by atoms with Gasteiger partial charge in [-0.15, -0.1) is 0 Å². The van der Waals surface area contributed by atoms with Crippen LogP contribution < -0.4 is 15.0 Å². The molecule has 0 aliphatic carbocycles. The number of aliphatic hydroxyl groups excluding tert-OH is 1. The summed E-state index contributed by atoms with van der Waals surface area (Å²) in [6.45, 7) is 7.73. The molecule has 4 aromatic rings. The number of hydrogen-bond donors (Lipinski definition) is 3. The molecule has 4 aliphatic heterocycles. The molecule has 55 heavy (non-hydrogen) atoms. The lowest BCUT2D eigenvalue weighted by Crippen LogP contribution is -2.53. The maximum atomic E-state index is 12.6. The lowest BCUT2D eigenvalue weighted by molar-refractivity contribution is -0.138. The number of fused-ring (bicyclic) bond motifs is 3. The van der Waals surface area contributed by atoms with Crippen LogP contribution in [-0.2, 0) is 20.9 Å². The maximum absolute atomic E-state index is 12.6. The van der Waals surface area contributed by atoms with Crippen molar-refractivity contribution in [1.82, 2.24) is 15.1 Å². The number of hydrogen-bond acceptors (Lipinski definition) is 9. The first-order chi connectivity index (χ1) is 26.8. The van der Waals surface area contributed by atoms with Crippen LogP contribution in [0.25, 0.3) is 11.1 Å². The Kier molecular flexibility index (Phi) is 11.0. The van der Waals surface area contributed by atoms with Crippen molar-refractivity contribution in [2.24, 2.45) is 0 Å². The molecule has 0 spiro atoms. The summed E-state index contributed by atoms with van der Waals surface area (Å²) in [5, 5.41) is 23.3. The number of phenolic OH excluding ortho intramolecular Hbond substituents is 1. The van der Waals surface area contributed by atoms with E-state index in [-0.39, 0.29) is 35.9 Å². The number of aromatic hydroxyl groups is 1. The van der Waals surface area contributed by atoms with Gasteiger partial charge in [0.15, 0.2) is 0 Å². The quantitative estimate of drug-likeness (QED) is 0.0847. The minimum absolute atomic E-state index is 0.00942. The molecule has 0 saturated carbocycles. The van der Waals surface area contributed by atoms with E-state index < -0.39 is 6.10 Å². The number of piperazine rings is 1. The highest BCUT2D eigenvalue weighted by Crippen LogP contribution is 2.49. The fraction of sp³-hybridized carbons (Fsp3) is 0.378. The second-order valence-electron chi connectivity index (χ2n) is 15.0. The number of phenols is 1. The van der Waals surface area contributed by atoms with Crippen molar-refractivity contribution < 1.29 is 29.3 Å². The standard InChI is InChI=1S/C45H50N4O6/c1-2-38(30-6-4-3-5-7-30)42(31-8-13-35(50)14-9-31)32-10-15-37(16-11-32)54-27-21-36(51)20-22-47-23-25-48(26-24-47)34-12-17-39-33(28-34)29-49(45-43(39)55-45)40-18-19-41(52)46-44(40)53/h3-17,28,36,40,43,45,50-51H,2,18-27,29H2,1H3,(H,46,52,53)/b42-38-. The van der Waals surface area contributed by atoms with Crippen LogP contribution in [-0.4, -0.2) is 89.5 Å². The number of rotatable bonds is 13. The second kappa shape index (κ2) is 16.4. The topological polar surface area (TPSA) is 118 Å². The van der Waals surface area contributed by atoms with Gasteiger partial charge in [-0.05, 0) is 94.6 Å². The van der Waals surface area contributed by atoms with Gasteiger partial charge in [0.25, 0.3) is 0 Å². The van der Waals surface area contributed by atoms with Crippen LogP contribution >= 0.6 is 0 Å². The molecule has 4 unspecified atom stereocenters. The molecule has 0 radical (unpaired) electrons. The fourth-order valence-electron chi connectivity index (χ4n) is 8.40. The Hall–Kier alpha value is -5.00. The lowest BCUT2D eigenvalue weighted by Gasteiger charge is -2.37. The van der Waals surface area contributed by atoms with E-state index in [1.165, 1.54) is 28.0 Å². The molecule has 3 fully saturated rings. The Balaban J connectivity index is 0.803. The summed E-state index contributed by atoms with van der Waals surface area (Å²) in [5.74, 6) is 0.594. The van der Waals surface area contributed by atoms with Gasteiger partial charge in [-0.25, -0.2) is 0 Å². The minimum Gasteiger partial charge on any atom is -0.508 e. The van der Waals surface area contributed by atoms with Crippen LogP contribution in [0.5, 0.6) is 11.5 Å². The fourth-order valence-corrected chi connectivity index (χ4v) is 8.40. The van der Waals surface area contributed by atoms with Crippen LogP contribution in [0.15, 0.2) is 97.1 Å². The average molecular weight is 743 g/mol. The average Bonchev–Trinajstić information content (AvgIpc) is 4.02. The lowest BCUT2D eigenvalue weighted by atomic mass is 9.88. The van der Waals surface area contributed by atoms with E-state index in [1.807, 2.05) is 30.3 Å². The minimum atomic E-state index is -0.444. The number of benzene rings is 4. The van der Waals surface area contributed by atoms with Crippen LogP contribution in [0.1, 0.15) is 72.9 Å². The van der Waals surface area contributed by atoms with Crippen molar-refractivity contribution in [1.29, 1.82) is 0 Å². The number of carbonyl (C=O) groups is 2. The number of allylic oxidation sites excluding steroid dienone is 1. The van der Waals surface area contributed by atoms with Gasteiger partial charge < -0.3 is 24.6 Å². The van der Waals surface area contributed by atoms with E-state index in [0.29, 0.717) is 38.8 Å². The summed E-state index contributed by atoms with van der Waals surface area (Å²) in [4.78, 5) is 31.2. The van der Waals surface area contributed by atoms with Crippen molar-refractivity contribution in [2.45, 2.75) is 70.1 Å². The molecule has 4 aromatic carbocycles. The smallest absolute Gasteiger partial charge is 0.244 e. The SMILES string of the molecule is CC/C(=C(\c1ccc(O)cc1)c1ccc(OCCC(O)CCN2CCN(c3ccc4c(c3)CN(C3CCC(=O)NC3=O)C3OC43)CC2)cc1)c1ccccc1. The van der Waals surface area contributed by atoms with Crippen molar-refractivity contribution in [3.63, 3.8) is 0 Å². The predicted molar refractivity (Wildman–Crippen MR) is 212 cm³/mol. The van der Waals surface area contributed by atoms with Crippen molar-refractivity contribution in [2.75, 3.05) is 44.2 Å². The highest BCUT2D eigenvalue weighted by atomic mass is 16.6. The van der Waals surface area contributed by atoms with Gasteiger partial charge in [0.05, 0.1) is 18.8 Å². The zero-order valence-electron chi connectivity index (χ0n) is 31.4. The monoisotopic (exact) mass is 742 g/mol. The van der Waals surface area contributed by atoms with Crippen molar-refractivity contribution >= 4 is 28.6 Å². The Morgan fingerprint density at radius 2 is 1.62 bits per heavy atom. The summed E-state index contributed by atoms with van der Waals surface area (Å²) < 4.78 is 12.1. The molecule has 10 nitrogen and oxygen atoms in total. The zero-order valence-corrected chi connectivity index (χ0v) is 31.4. The first-order valence-corrected chi connectivity index (χ1v) is 19.7. The number of nitrogens with one attached hydrogen (secondary N) is 1. The van der Waals surface area contributed by atoms with E-state index in [9.17, 15) is 19.8 Å². The number of piperidine rings is 1. The molecule has 286 valence electrons. The van der Waals surface area contributed by atoms with Crippen LogP contribution in [0.4, 0.5) is 5.69 Å². The van der Waals surface area contributed by atoms with Gasteiger partial charge in [0.2, 0.25) is 11.8 Å². The third kappa shape index (κ3) is 8.33. The number of aliphatic hydroxyl groups is 1. The normalized spacial score (nSPS) is 22.3. The van der Waals surface area contributed by atoms with Gasteiger partial charge in [-0.3, -0.25) is 24.7 Å². The van der Waals surface area contributed by atoms with E-state index in [0.717, 1.165) is 61.6 Å². The summed E-state index contributed by atoms with van der Waals surface area (Å²) in [6, 6.07) is 32.2. The molecule has 0 bridgehead atoms. The van der Waals surface area contributed by atoms with Crippen LogP contribution in [0, 0.1) is 0 Å². The Bertz CT molecular complexity index is 2010. The summed E-state index contributed by atoms with van der Waals surface area (Å²) in [5.41, 5.74) is 9.22. The van der Waals surface area contributed by atoms with E-state index in [2.05, 4.69) is 81.5 Å². The Morgan fingerprint density at radius 3 is 2.33 bits per heavy atom. The van der Waals surface area contributed by atoms with E-state index >= 15 is 0 Å². The molecule has 2 amide bonds. The summed E-state index contributed by atoms with van der Waals surface area (Å²) in [6.07, 6.45) is 2.46. The van der Waals surface area contributed by atoms with Crippen molar-refractivity contribution in [3.8, 4) is 11.5 Å². The summed E-state index contributed by atoms with van der Waals surface area (Å²) in [7, 11) is 0. The number of nitrogens with zero attached hydrogens (tertiary/aromatic N) is 3. The molecular formula is C45H50N4O6. The Labute approximate surface area is 323 Å². The summed E-state index contributed by atoms with van der Waals surface area (Å²) >= 11 is 0. The van der Waals surface area contributed by atoms with E-state index in [4.69, 9.17) is 9.47 Å². The zero-order chi connectivity index (χ0) is 37.9. The van der Waals surface area contributed by atoms with Crippen LogP contribution in [0.3, 0.4) is 0 Å². The predicted octanol–water partition coefficient (Wildman–Crippen LogP) is 6.12. The molecule has 10 heteroatoms. The first kappa shape index (κ1) is 36.9. The number of carbonyl (C=O) groups excluding carboxylic acids is 2. The molecule has 4 atom stereocenters. The van der Waals surface area contributed by atoms with Gasteiger partial charge in [-0.1, -0.05) is 67.6 Å². The molecule has 0 aromatic heterocycles. The van der Waals surface area contributed by atoms with Gasteiger partial charge in [0.1, 0.15) is 23.8 Å². The highest BCUT2D eigenvalue weighted by Gasteiger charge is 2.53. The maximum Gasteiger partial charge on any atom is 0.244 e. The van der Waals surface area contributed by atoms with Gasteiger partial charge in [-0.2, -0.15) is 0 Å². The van der Waals surface area contributed by atoms with Gasteiger partial charge in [0, 0.05) is 57.8 Å². The first-order valence-electron chi connectivity index (χ1n) is 19.7. The molecular weight excluding hydrogens is 693 g/mol. The highest BCUT2D eigenvalue weighted by molar-refractivity contribution is 6.00. The number of anilines is 1. The van der Waals surface area contributed by atoms with Gasteiger partial charge >= 0.3 is 0 Å². The number of ether oxygens (including phenoxy) is 2. The molecule has 4 heterocycles. The molecule has 3 N–H and O–H groups in total. The number of imide groups is 1.